The molecule has 0 saturated heterocycles. The third-order valence-corrected chi connectivity index (χ3v) is 5.24. The summed E-state index contributed by atoms with van der Waals surface area (Å²) >= 11 is 0. The standard InChI is InChI=1S/C16H30O2/c1-11(2)16(6)10-9-12(3)15(16)8-7-13(4)18-14(5)17/h11-13,15H,7-10H2,1-6H3/t12-,13-,15-,16+/m1/s1. The average Bonchev–Trinajstić information content (AvgIpc) is 2.53. The summed E-state index contributed by atoms with van der Waals surface area (Å²) in [6.45, 7) is 13.0. The van der Waals surface area contributed by atoms with Crippen LogP contribution in [0.15, 0.2) is 0 Å². The molecule has 1 rings (SSSR count). The molecule has 2 nitrogen and oxygen atoms in total. The predicted octanol–water partition coefficient (Wildman–Crippen LogP) is 4.43. The van der Waals surface area contributed by atoms with Gasteiger partial charge in [0.1, 0.15) is 0 Å². The summed E-state index contributed by atoms with van der Waals surface area (Å²) in [6, 6.07) is 0. The summed E-state index contributed by atoms with van der Waals surface area (Å²) in [5.74, 6) is 2.16. The maximum Gasteiger partial charge on any atom is 0.302 e. The fraction of sp³-hybridized carbons (Fsp3) is 0.938. The van der Waals surface area contributed by atoms with Crippen molar-refractivity contribution in [3.8, 4) is 0 Å². The molecule has 0 aromatic heterocycles. The van der Waals surface area contributed by atoms with Gasteiger partial charge in [-0.2, -0.15) is 0 Å². The van der Waals surface area contributed by atoms with Gasteiger partial charge < -0.3 is 4.74 Å². The van der Waals surface area contributed by atoms with Crippen molar-refractivity contribution in [1.82, 2.24) is 0 Å². The Morgan fingerprint density at radius 1 is 1.39 bits per heavy atom. The number of ether oxygens (including phenoxy) is 1. The largest absolute Gasteiger partial charge is 0.463 e. The minimum atomic E-state index is -0.159. The van der Waals surface area contributed by atoms with Gasteiger partial charge in [-0.15, -0.1) is 0 Å². The second kappa shape index (κ2) is 6.08. The molecule has 0 aromatic carbocycles. The van der Waals surface area contributed by atoms with Gasteiger partial charge in [-0.1, -0.05) is 27.7 Å². The van der Waals surface area contributed by atoms with E-state index in [9.17, 15) is 4.79 Å². The lowest BCUT2D eigenvalue weighted by atomic mass is 9.68. The normalized spacial score (nSPS) is 33.7. The fourth-order valence-electron chi connectivity index (χ4n) is 3.66. The predicted molar refractivity (Wildman–Crippen MR) is 75.3 cm³/mol. The van der Waals surface area contributed by atoms with E-state index in [2.05, 4.69) is 27.7 Å². The van der Waals surface area contributed by atoms with Gasteiger partial charge in [-0.25, -0.2) is 0 Å². The molecule has 18 heavy (non-hydrogen) atoms. The van der Waals surface area contributed by atoms with Crippen molar-refractivity contribution in [2.75, 3.05) is 0 Å². The van der Waals surface area contributed by atoms with Crippen molar-refractivity contribution < 1.29 is 9.53 Å². The van der Waals surface area contributed by atoms with Crippen LogP contribution in [-0.4, -0.2) is 12.1 Å². The Balaban J connectivity index is 2.55. The first-order chi connectivity index (χ1) is 8.27. The zero-order valence-electron chi connectivity index (χ0n) is 13.0. The van der Waals surface area contributed by atoms with E-state index in [-0.39, 0.29) is 12.1 Å². The van der Waals surface area contributed by atoms with Crippen molar-refractivity contribution in [1.29, 1.82) is 0 Å². The second-order valence-corrected chi connectivity index (χ2v) is 6.78. The summed E-state index contributed by atoms with van der Waals surface area (Å²) in [7, 11) is 0. The van der Waals surface area contributed by atoms with Crippen molar-refractivity contribution in [2.45, 2.75) is 73.3 Å². The summed E-state index contributed by atoms with van der Waals surface area (Å²) in [5, 5.41) is 0. The quantitative estimate of drug-likeness (QED) is 0.679. The van der Waals surface area contributed by atoms with Crippen LogP contribution in [0, 0.1) is 23.2 Å². The van der Waals surface area contributed by atoms with Gasteiger partial charge in [0.05, 0.1) is 6.10 Å². The van der Waals surface area contributed by atoms with E-state index in [0.717, 1.165) is 24.2 Å². The zero-order valence-corrected chi connectivity index (χ0v) is 13.0. The van der Waals surface area contributed by atoms with Crippen LogP contribution in [-0.2, 0) is 9.53 Å². The Kier molecular flexibility index (Phi) is 5.24. The van der Waals surface area contributed by atoms with E-state index in [4.69, 9.17) is 4.74 Å². The zero-order chi connectivity index (χ0) is 13.9. The van der Waals surface area contributed by atoms with Crippen molar-refractivity contribution in [2.24, 2.45) is 23.2 Å². The third kappa shape index (κ3) is 3.49. The summed E-state index contributed by atoms with van der Waals surface area (Å²) in [6.07, 6.45) is 4.94. The molecule has 4 atom stereocenters. The molecule has 1 fully saturated rings. The maximum absolute atomic E-state index is 10.9. The van der Waals surface area contributed by atoms with Crippen LogP contribution in [0.5, 0.6) is 0 Å². The highest BCUT2D eigenvalue weighted by Crippen LogP contribution is 2.53. The smallest absolute Gasteiger partial charge is 0.302 e. The lowest BCUT2D eigenvalue weighted by Gasteiger charge is -2.38. The first-order valence-corrected chi connectivity index (χ1v) is 7.44. The molecule has 0 unspecified atom stereocenters. The Morgan fingerprint density at radius 2 is 2.00 bits per heavy atom. The summed E-state index contributed by atoms with van der Waals surface area (Å²) in [4.78, 5) is 10.9. The number of carbonyl (C=O) groups excluding carboxylic acids is 1. The molecule has 1 saturated carbocycles. The van der Waals surface area contributed by atoms with Crippen molar-refractivity contribution >= 4 is 5.97 Å². The number of hydrogen-bond donors (Lipinski definition) is 0. The van der Waals surface area contributed by atoms with E-state index in [0.29, 0.717) is 5.41 Å². The first-order valence-electron chi connectivity index (χ1n) is 7.44. The molecule has 2 heteroatoms. The molecule has 1 aliphatic carbocycles. The van der Waals surface area contributed by atoms with E-state index >= 15 is 0 Å². The molecule has 0 aromatic rings. The van der Waals surface area contributed by atoms with Crippen LogP contribution in [0.2, 0.25) is 0 Å². The highest BCUT2D eigenvalue weighted by molar-refractivity contribution is 5.66. The molecule has 0 bridgehead atoms. The molecule has 0 aliphatic heterocycles. The van der Waals surface area contributed by atoms with Crippen LogP contribution >= 0.6 is 0 Å². The lowest BCUT2D eigenvalue weighted by molar-refractivity contribution is -0.146. The summed E-state index contributed by atoms with van der Waals surface area (Å²) < 4.78 is 5.23. The molecule has 0 N–H and O–H groups in total. The lowest BCUT2D eigenvalue weighted by Crippen LogP contribution is -2.31. The van der Waals surface area contributed by atoms with Gasteiger partial charge in [0.25, 0.3) is 0 Å². The van der Waals surface area contributed by atoms with Gasteiger partial charge in [0, 0.05) is 6.92 Å². The molecule has 1 aliphatic rings. The molecular weight excluding hydrogens is 224 g/mol. The van der Waals surface area contributed by atoms with Gasteiger partial charge >= 0.3 is 5.97 Å². The Morgan fingerprint density at radius 3 is 2.50 bits per heavy atom. The Hall–Kier alpha value is -0.530. The molecule has 106 valence electrons. The van der Waals surface area contributed by atoms with Gasteiger partial charge in [0.2, 0.25) is 0 Å². The first kappa shape index (κ1) is 15.5. The van der Waals surface area contributed by atoms with Crippen molar-refractivity contribution in [3.05, 3.63) is 0 Å². The topological polar surface area (TPSA) is 26.3 Å². The van der Waals surface area contributed by atoms with Gasteiger partial charge in [-0.05, 0) is 55.8 Å². The van der Waals surface area contributed by atoms with E-state index in [1.807, 2.05) is 6.92 Å². The average molecular weight is 254 g/mol. The summed E-state index contributed by atoms with van der Waals surface area (Å²) in [5.41, 5.74) is 0.468. The highest BCUT2D eigenvalue weighted by Gasteiger charge is 2.44. The van der Waals surface area contributed by atoms with Crippen LogP contribution in [0.3, 0.4) is 0 Å². The van der Waals surface area contributed by atoms with E-state index in [1.165, 1.54) is 26.2 Å². The minimum Gasteiger partial charge on any atom is -0.463 e. The van der Waals surface area contributed by atoms with Crippen molar-refractivity contribution in [3.63, 3.8) is 0 Å². The van der Waals surface area contributed by atoms with Crippen LogP contribution in [0.1, 0.15) is 67.2 Å². The number of carbonyl (C=O) groups is 1. The minimum absolute atomic E-state index is 0.0618. The molecule has 0 amide bonds. The highest BCUT2D eigenvalue weighted by atomic mass is 16.5. The Bertz CT molecular complexity index is 285. The number of rotatable bonds is 5. The van der Waals surface area contributed by atoms with Gasteiger partial charge in [0.15, 0.2) is 0 Å². The third-order valence-electron chi connectivity index (χ3n) is 5.24. The molecule has 0 heterocycles. The van der Waals surface area contributed by atoms with Crippen LogP contribution < -0.4 is 0 Å². The molecule has 0 spiro atoms. The molecular formula is C16H30O2. The van der Waals surface area contributed by atoms with Gasteiger partial charge in [-0.3, -0.25) is 4.79 Å². The maximum atomic E-state index is 10.9. The number of esters is 1. The monoisotopic (exact) mass is 254 g/mol. The van der Waals surface area contributed by atoms with Crippen LogP contribution in [0.4, 0.5) is 0 Å². The van der Waals surface area contributed by atoms with E-state index < -0.39 is 0 Å². The van der Waals surface area contributed by atoms with E-state index in [1.54, 1.807) is 0 Å². The Labute approximate surface area is 112 Å². The second-order valence-electron chi connectivity index (χ2n) is 6.78. The SMILES string of the molecule is CC(=O)O[C@H](C)CC[C@@H]1[C@H](C)CC[C@@]1(C)C(C)C. The molecule has 0 radical (unpaired) electrons. The van der Waals surface area contributed by atoms with Crippen LogP contribution in [0.25, 0.3) is 0 Å². The fourth-order valence-corrected chi connectivity index (χ4v) is 3.66. The number of hydrogen-bond acceptors (Lipinski definition) is 2.